The van der Waals surface area contributed by atoms with Crippen LogP contribution < -0.4 is 15.7 Å². The summed E-state index contributed by atoms with van der Waals surface area (Å²) in [5.74, 6) is 0.873. The summed E-state index contributed by atoms with van der Waals surface area (Å²) in [4.78, 5) is 63.1. The van der Waals surface area contributed by atoms with Crippen LogP contribution in [0.25, 0.3) is 11.2 Å². The maximum Gasteiger partial charge on any atom is 0.413 e. The Morgan fingerprint density at radius 3 is 1.94 bits per heavy atom. The third-order valence-electron chi connectivity index (χ3n) is 11.6. The van der Waals surface area contributed by atoms with E-state index in [1.807, 2.05) is 60.7 Å². The fraction of sp³-hybridized carbons (Fsp3) is 0.511. The van der Waals surface area contributed by atoms with Gasteiger partial charge in [-0.05, 0) is 28.3 Å². The molecule has 2 aliphatic rings. The Labute approximate surface area is 374 Å². The number of rotatable bonds is 9. The van der Waals surface area contributed by atoms with Crippen molar-refractivity contribution in [1.29, 1.82) is 0 Å². The fourth-order valence-corrected chi connectivity index (χ4v) is 13.0. The van der Waals surface area contributed by atoms with Gasteiger partial charge in [0.1, 0.15) is 25.5 Å². The van der Waals surface area contributed by atoms with Crippen molar-refractivity contribution in [2.75, 3.05) is 25.1 Å². The fourth-order valence-electron chi connectivity index (χ4n) is 8.40. The average Bonchev–Trinajstić information content (AvgIpc) is 3.85. The van der Waals surface area contributed by atoms with E-state index in [0.717, 1.165) is 55.3 Å². The van der Waals surface area contributed by atoms with E-state index >= 15 is 4.39 Å². The van der Waals surface area contributed by atoms with Crippen molar-refractivity contribution in [1.82, 2.24) is 19.5 Å². The van der Waals surface area contributed by atoms with Crippen molar-refractivity contribution in [3.8, 4) is 12.3 Å². The van der Waals surface area contributed by atoms with E-state index in [4.69, 9.17) is 34.5 Å². The molecule has 2 aromatic carbocycles. The molecule has 4 aromatic rings. The van der Waals surface area contributed by atoms with Crippen LogP contribution in [0, 0.1) is 18.4 Å². The molecule has 2 fully saturated rings. The normalized spacial score (nSPS) is 21.4. The molecule has 64 heavy (non-hydrogen) atoms. The summed E-state index contributed by atoms with van der Waals surface area (Å²) in [5, 5.41) is 3.99. The number of nitrogens with one attached hydrogen (secondary N) is 1. The quantitative estimate of drug-likeness (QED) is 0.0593. The zero-order valence-electron chi connectivity index (χ0n) is 37.0. The van der Waals surface area contributed by atoms with Gasteiger partial charge in [-0.15, -0.1) is 6.42 Å². The number of carbonyl (C=O) groups excluding carboxylic acids is 4. The number of terminal acetylenes is 1. The standard InChI is InChI=1S/C47H58FN5O10Si/c1-6-47(31-60-64(46(3,4)5,35-22-16-14-17-23-35)36-24-18-15-19-25-36)37(61-33(2)54)28-38(63-47)53-32-49-41-42(50-44(48)52-43(41)53)51-45(57)62-34-29-58-39(55)26-20-12-10-8-7-9-11-13-21-27-40(56)59-30-34/h1,14-19,22-25,32,34,37-38H,7-13,20-21,26-31H2,2-5H3,(H,50,51,52,57)/t37-,38+,47+/m0/s1. The van der Waals surface area contributed by atoms with Gasteiger partial charge in [-0.3, -0.25) is 24.3 Å². The first-order chi connectivity index (χ1) is 30.7. The van der Waals surface area contributed by atoms with Crippen molar-refractivity contribution < 1.29 is 51.7 Å². The molecule has 17 heteroatoms. The molecule has 6 rings (SSSR count). The van der Waals surface area contributed by atoms with Crippen molar-refractivity contribution in [3.05, 3.63) is 73.1 Å². The maximum absolute atomic E-state index is 15.3. The monoisotopic (exact) mass is 899 g/mol. The highest BCUT2D eigenvalue weighted by atomic mass is 28.4. The predicted octanol–water partition coefficient (Wildman–Crippen LogP) is 7.07. The third kappa shape index (κ3) is 11.7. The molecule has 2 saturated heterocycles. The smallest absolute Gasteiger partial charge is 0.413 e. The Hall–Kier alpha value is -5.70. The van der Waals surface area contributed by atoms with Gasteiger partial charge < -0.3 is 28.1 Å². The topological polar surface area (TPSA) is 179 Å². The molecule has 2 aromatic heterocycles. The molecule has 15 nitrogen and oxygen atoms in total. The van der Waals surface area contributed by atoms with E-state index in [0.29, 0.717) is 12.8 Å². The first-order valence-electron chi connectivity index (χ1n) is 22.0. The number of amides is 1. The number of fused-ring (bicyclic) bond motifs is 1. The molecule has 0 unspecified atom stereocenters. The van der Waals surface area contributed by atoms with Crippen LogP contribution in [-0.2, 0) is 42.5 Å². The van der Waals surface area contributed by atoms with Gasteiger partial charge in [0.05, 0.1) is 12.9 Å². The van der Waals surface area contributed by atoms with Crippen LogP contribution in [0.1, 0.15) is 111 Å². The van der Waals surface area contributed by atoms with Gasteiger partial charge in [0.15, 0.2) is 28.7 Å². The molecular weight excluding hydrogens is 842 g/mol. The van der Waals surface area contributed by atoms with E-state index < -0.39 is 67.5 Å². The number of anilines is 1. The summed E-state index contributed by atoms with van der Waals surface area (Å²) < 4.78 is 52.7. The molecule has 2 aliphatic heterocycles. The maximum atomic E-state index is 15.3. The first-order valence-corrected chi connectivity index (χ1v) is 23.9. The van der Waals surface area contributed by atoms with Crippen LogP contribution in [0.4, 0.5) is 15.0 Å². The second kappa shape index (κ2) is 21.8. The van der Waals surface area contributed by atoms with Crippen LogP contribution in [-0.4, -0.2) is 89.5 Å². The van der Waals surface area contributed by atoms with Crippen LogP contribution >= 0.6 is 0 Å². The lowest BCUT2D eigenvalue weighted by Crippen LogP contribution is -2.68. The summed E-state index contributed by atoms with van der Waals surface area (Å²) in [6.45, 7) is 6.71. The van der Waals surface area contributed by atoms with E-state index in [-0.39, 0.29) is 56.1 Å². The summed E-state index contributed by atoms with van der Waals surface area (Å²) in [5.41, 5.74) is -1.73. The van der Waals surface area contributed by atoms with Gasteiger partial charge >= 0.3 is 30.1 Å². The second-order valence-electron chi connectivity index (χ2n) is 17.3. The third-order valence-corrected chi connectivity index (χ3v) is 16.6. The number of benzene rings is 2. The van der Waals surface area contributed by atoms with Crippen molar-refractivity contribution in [3.63, 3.8) is 0 Å². The van der Waals surface area contributed by atoms with Crippen LogP contribution in [0.15, 0.2) is 67.0 Å². The number of cyclic esters (lactones) is 2. The molecular formula is C47H58FN5O10Si. The number of imidazole rings is 1. The summed E-state index contributed by atoms with van der Waals surface area (Å²) in [6.07, 6.45) is 11.0. The Balaban J connectivity index is 1.23. The lowest BCUT2D eigenvalue weighted by Gasteiger charge is -2.44. The second-order valence-corrected chi connectivity index (χ2v) is 21.6. The van der Waals surface area contributed by atoms with E-state index in [1.54, 1.807) is 0 Å². The highest BCUT2D eigenvalue weighted by Crippen LogP contribution is 2.43. The molecule has 342 valence electrons. The van der Waals surface area contributed by atoms with Crippen LogP contribution in [0.3, 0.4) is 0 Å². The lowest BCUT2D eigenvalue weighted by atomic mass is 9.98. The molecule has 1 N–H and O–H groups in total. The molecule has 0 radical (unpaired) electrons. The Morgan fingerprint density at radius 1 is 0.875 bits per heavy atom. The molecule has 3 atom stereocenters. The molecule has 1 amide bonds. The number of hydrogen-bond acceptors (Lipinski definition) is 13. The molecule has 0 saturated carbocycles. The van der Waals surface area contributed by atoms with E-state index in [9.17, 15) is 19.2 Å². The zero-order valence-corrected chi connectivity index (χ0v) is 38.0. The highest BCUT2D eigenvalue weighted by Gasteiger charge is 2.56. The molecule has 0 aliphatic carbocycles. The van der Waals surface area contributed by atoms with Crippen LogP contribution in [0.5, 0.6) is 0 Å². The number of carbonyl (C=O) groups is 4. The van der Waals surface area contributed by atoms with Crippen LogP contribution in [0.2, 0.25) is 5.04 Å². The number of aromatic nitrogens is 4. The Morgan fingerprint density at radius 2 is 1.42 bits per heavy atom. The van der Waals surface area contributed by atoms with Gasteiger partial charge in [-0.1, -0.05) is 132 Å². The number of ether oxygens (including phenoxy) is 5. The molecule has 0 spiro atoms. The molecule has 4 heterocycles. The molecule has 0 bridgehead atoms. The summed E-state index contributed by atoms with van der Waals surface area (Å²) >= 11 is 0. The van der Waals surface area contributed by atoms with Crippen molar-refractivity contribution in [2.45, 2.75) is 134 Å². The number of esters is 3. The minimum Gasteiger partial charge on any atom is -0.462 e. The highest BCUT2D eigenvalue weighted by molar-refractivity contribution is 6.99. The van der Waals surface area contributed by atoms with Gasteiger partial charge in [0.2, 0.25) is 0 Å². The Kier molecular flexibility index (Phi) is 16.3. The van der Waals surface area contributed by atoms with Crippen molar-refractivity contribution >= 4 is 59.7 Å². The van der Waals surface area contributed by atoms with Crippen molar-refractivity contribution in [2.24, 2.45) is 0 Å². The van der Waals surface area contributed by atoms with Gasteiger partial charge in [0, 0.05) is 26.2 Å². The SMILES string of the molecule is C#C[C@]1(CO[Si](c2ccccc2)(c2ccccc2)C(C)(C)C)O[C@@H](n2cnc3c(NC(=O)OC4COC(=O)CCCCCCCCCCCC(=O)OC4)nc(F)nc32)C[C@@H]1OC(C)=O. The number of hydrogen-bond donors (Lipinski definition) is 1. The van der Waals surface area contributed by atoms with E-state index in [2.05, 4.69) is 47.0 Å². The largest absolute Gasteiger partial charge is 0.462 e. The summed E-state index contributed by atoms with van der Waals surface area (Å²) in [7, 11) is -3.17. The predicted molar refractivity (Wildman–Crippen MR) is 237 cm³/mol. The van der Waals surface area contributed by atoms with Gasteiger partial charge in [0.25, 0.3) is 8.32 Å². The lowest BCUT2D eigenvalue weighted by molar-refractivity contribution is -0.156. The zero-order chi connectivity index (χ0) is 45.7. The Bertz CT molecular complexity index is 2200. The van der Waals surface area contributed by atoms with E-state index in [1.165, 1.54) is 17.8 Å². The first kappa shape index (κ1) is 47.8. The minimum atomic E-state index is -3.17. The van der Waals surface area contributed by atoms with Gasteiger partial charge in [-0.25, -0.2) is 9.78 Å². The average molecular weight is 900 g/mol. The minimum absolute atomic E-state index is 0.00882. The summed E-state index contributed by atoms with van der Waals surface area (Å²) in [6, 6.07) is 19.9. The number of nitrogens with zero attached hydrogens (tertiary/aromatic N) is 4. The van der Waals surface area contributed by atoms with Gasteiger partial charge in [-0.2, -0.15) is 14.4 Å². The number of halogens is 1.